The summed E-state index contributed by atoms with van der Waals surface area (Å²) in [5.41, 5.74) is -0.0984. The number of rotatable bonds is 5. The molecule has 1 N–H and O–H groups in total. The van der Waals surface area contributed by atoms with Crippen molar-refractivity contribution >= 4 is 11.9 Å². The molecule has 1 aromatic rings. The largest absolute Gasteiger partial charge is 0.373 e. The van der Waals surface area contributed by atoms with Crippen LogP contribution in [0.25, 0.3) is 0 Å². The lowest BCUT2D eigenvalue weighted by molar-refractivity contribution is -0.127. The number of carbonyl (C=O) groups excluding carboxylic acids is 1. The molecule has 0 aliphatic carbocycles. The Hall–Kier alpha value is -1.73. The Morgan fingerprint density at radius 1 is 1.22 bits per heavy atom. The van der Waals surface area contributed by atoms with E-state index in [0.29, 0.717) is 19.0 Å². The molecule has 0 aromatic carbocycles. The Balaban J connectivity index is 1.53. The van der Waals surface area contributed by atoms with Gasteiger partial charge >= 0.3 is 0 Å². The minimum absolute atomic E-state index is 0.0131. The third-order valence-corrected chi connectivity index (χ3v) is 5.60. The van der Waals surface area contributed by atoms with Gasteiger partial charge in [-0.2, -0.15) is 0 Å². The molecule has 7 nitrogen and oxygen atoms in total. The number of ether oxygens (including phenoxy) is 1. The fourth-order valence-corrected chi connectivity index (χ4v) is 4.06. The van der Waals surface area contributed by atoms with Crippen molar-refractivity contribution in [3.63, 3.8) is 0 Å². The first-order valence-electron chi connectivity index (χ1n) is 10.1. The molecule has 0 saturated carbocycles. The molecule has 2 aliphatic heterocycles. The molecule has 7 heteroatoms. The van der Waals surface area contributed by atoms with Crippen molar-refractivity contribution in [3.05, 3.63) is 18.5 Å². The summed E-state index contributed by atoms with van der Waals surface area (Å²) in [6.45, 7) is 12.6. The Labute approximate surface area is 162 Å². The molecule has 0 radical (unpaired) electrons. The molecule has 1 aromatic heterocycles. The van der Waals surface area contributed by atoms with Gasteiger partial charge in [0.1, 0.15) is 0 Å². The highest BCUT2D eigenvalue weighted by Gasteiger charge is 2.34. The van der Waals surface area contributed by atoms with Gasteiger partial charge in [0.2, 0.25) is 11.9 Å². The average Bonchev–Trinajstić information content (AvgIpc) is 2.66. The van der Waals surface area contributed by atoms with Gasteiger partial charge in [-0.25, -0.2) is 9.97 Å². The van der Waals surface area contributed by atoms with Crippen molar-refractivity contribution in [1.29, 1.82) is 0 Å². The summed E-state index contributed by atoms with van der Waals surface area (Å²) in [7, 11) is 0. The first-order chi connectivity index (χ1) is 12.8. The highest BCUT2D eigenvalue weighted by molar-refractivity contribution is 5.79. The van der Waals surface area contributed by atoms with Gasteiger partial charge in [0, 0.05) is 50.7 Å². The quantitative estimate of drug-likeness (QED) is 0.845. The monoisotopic (exact) mass is 375 g/mol. The van der Waals surface area contributed by atoms with Crippen LogP contribution in [-0.2, 0) is 9.53 Å². The molecular formula is C20H33N5O2. The lowest BCUT2D eigenvalue weighted by Crippen LogP contribution is -2.59. The summed E-state index contributed by atoms with van der Waals surface area (Å²) in [4.78, 5) is 26.0. The third-order valence-electron chi connectivity index (χ3n) is 5.60. The SMILES string of the molecule is C[C@@H]1CN(C(C)(C)CNC(=O)[C@@H]2CCCN(c3ncccn3)C2)C[C@H](C)O1. The summed E-state index contributed by atoms with van der Waals surface area (Å²) >= 11 is 0. The maximum absolute atomic E-state index is 12.8. The van der Waals surface area contributed by atoms with Crippen LogP contribution >= 0.6 is 0 Å². The van der Waals surface area contributed by atoms with E-state index in [1.165, 1.54) is 0 Å². The first-order valence-corrected chi connectivity index (χ1v) is 10.1. The van der Waals surface area contributed by atoms with E-state index >= 15 is 0 Å². The lowest BCUT2D eigenvalue weighted by Gasteiger charge is -2.45. The second kappa shape index (κ2) is 8.52. The summed E-state index contributed by atoms with van der Waals surface area (Å²) in [6, 6.07) is 1.81. The zero-order valence-electron chi connectivity index (χ0n) is 17.0. The van der Waals surface area contributed by atoms with Gasteiger partial charge in [0.05, 0.1) is 18.1 Å². The van der Waals surface area contributed by atoms with E-state index in [9.17, 15) is 4.79 Å². The molecule has 27 heavy (non-hydrogen) atoms. The highest BCUT2D eigenvalue weighted by atomic mass is 16.5. The van der Waals surface area contributed by atoms with Crippen molar-refractivity contribution in [2.75, 3.05) is 37.6 Å². The summed E-state index contributed by atoms with van der Waals surface area (Å²) < 4.78 is 5.84. The van der Waals surface area contributed by atoms with E-state index in [4.69, 9.17) is 4.74 Å². The van der Waals surface area contributed by atoms with E-state index in [-0.39, 0.29) is 29.6 Å². The van der Waals surface area contributed by atoms with Gasteiger partial charge in [-0.1, -0.05) is 0 Å². The molecular weight excluding hydrogens is 342 g/mol. The number of piperidine rings is 1. The average molecular weight is 376 g/mol. The minimum atomic E-state index is -0.0984. The number of nitrogens with zero attached hydrogens (tertiary/aromatic N) is 4. The van der Waals surface area contributed by atoms with Crippen LogP contribution in [0.5, 0.6) is 0 Å². The fourth-order valence-electron chi connectivity index (χ4n) is 4.06. The van der Waals surface area contributed by atoms with Gasteiger partial charge < -0.3 is 15.0 Å². The molecule has 3 heterocycles. The van der Waals surface area contributed by atoms with Crippen molar-refractivity contribution in [2.45, 2.75) is 58.3 Å². The summed E-state index contributed by atoms with van der Waals surface area (Å²) in [5.74, 6) is 0.838. The number of morpholine rings is 1. The normalized spacial score (nSPS) is 27.4. The molecule has 2 aliphatic rings. The fraction of sp³-hybridized carbons (Fsp3) is 0.750. The number of aromatic nitrogens is 2. The highest BCUT2D eigenvalue weighted by Crippen LogP contribution is 2.22. The van der Waals surface area contributed by atoms with Crippen molar-refractivity contribution in [1.82, 2.24) is 20.2 Å². The molecule has 0 spiro atoms. The topological polar surface area (TPSA) is 70.6 Å². The lowest BCUT2D eigenvalue weighted by atomic mass is 9.96. The van der Waals surface area contributed by atoms with E-state index in [0.717, 1.165) is 32.5 Å². The Morgan fingerprint density at radius 2 is 1.89 bits per heavy atom. The standard InChI is InChI=1S/C20H33N5O2/c1-15-11-25(12-16(2)27-15)20(3,4)14-23-18(26)17-7-5-10-24(13-17)19-21-8-6-9-22-19/h6,8-9,15-17H,5,7,10-14H2,1-4H3,(H,23,26)/t15-,16+,17-/m1/s1. The Kier molecular flexibility index (Phi) is 6.32. The van der Waals surface area contributed by atoms with E-state index in [2.05, 4.69) is 52.8 Å². The van der Waals surface area contributed by atoms with Crippen LogP contribution in [0.4, 0.5) is 5.95 Å². The Morgan fingerprint density at radius 3 is 2.56 bits per heavy atom. The van der Waals surface area contributed by atoms with Gasteiger partial charge in [-0.05, 0) is 46.6 Å². The van der Waals surface area contributed by atoms with Crippen LogP contribution < -0.4 is 10.2 Å². The van der Waals surface area contributed by atoms with Crippen LogP contribution in [-0.4, -0.2) is 71.2 Å². The zero-order valence-corrected chi connectivity index (χ0v) is 17.0. The number of anilines is 1. The van der Waals surface area contributed by atoms with E-state index in [1.807, 2.05) is 6.07 Å². The van der Waals surface area contributed by atoms with Crippen LogP contribution in [0.3, 0.4) is 0 Å². The van der Waals surface area contributed by atoms with Gasteiger partial charge in [-0.3, -0.25) is 9.69 Å². The molecule has 0 unspecified atom stereocenters. The van der Waals surface area contributed by atoms with Crippen molar-refractivity contribution in [2.24, 2.45) is 5.92 Å². The van der Waals surface area contributed by atoms with E-state index in [1.54, 1.807) is 12.4 Å². The predicted molar refractivity (Wildman–Crippen MR) is 106 cm³/mol. The summed E-state index contributed by atoms with van der Waals surface area (Å²) in [5, 5.41) is 3.20. The molecule has 150 valence electrons. The molecule has 1 amide bonds. The number of hydrogen-bond acceptors (Lipinski definition) is 6. The van der Waals surface area contributed by atoms with Crippen LogP contribution in [0, 0.1) is 5.92 Å². The predicted octanol–water partition coefficient (Wildman–Crippen LogP) is 1.70. The Bertz CT molecular complexity index is 614. The van der Waals surface area contributed by atoms with E-state index < -0.39 is 0 Å². The van der Waals surface area contributed by atoms with Crippen LogP contribution in [0.1, 0.15) is 40.5 Å². The van der Waals surface area contributed by atoms with Crippen molar-refractivity contribution in [3.8, 4) is 0 Å². The number of carbonyl (C=O) groups is 1. The smallest absolute Gasteiger partial charge is 0.225 e. The van der Waals surface area contributed by atoms with Gasteiger partial charge in [0.15, 0.2) is 0 Å². The number of amides is 1. The van der Waals surface area contributed by atoms with Crippen LogP contribution in [0.15, 0.2) is 18.5 Å². The zero-order chi connectivity index (χ0) is 19.4. The second-order valence-corrected chi connectivity index (χ2v) is 8.53. The summed E-state index contributed by atoms with van der Waals surface area (Å²) in [6.07, 6.45) is 5.85. The second-order valence-electron chi connectivity index (χ2n) is 8.53. The minimum Gasteiger partial charge on any atom is -0.373 e. The number of nitrogens with one attached hydrogen (secondary N) is 1. The van der Waals surface area contributed by atoms with Gasteiger partial charge in [0.25, 0.3) is 0 Å². The maximum Gasteiger partial charge on any atom is 0.225 e. The first kappa shape index (κ1) is 20.0. The molecule has 2 fully saturated rings. The van der Waals surface area contributed by atoms with Gasteiger partial charge in [-0.15, -0.1) is 0 Å². The molecule has 3 rings (SSSR count). The maximum atomic E-state index is 12.8. The number of hydrogen-bond donors (Lipinski definition) is 1. The third kappa shape index (κ3) is 5.17. The molecule has 3 atom stereocenters. The van der Waals surface area contributed by atoms with Crippen LogP contribution in [0.2, 0.25) is 0 Å². The molecule has 0 bridgehead atoms. The van der Waals surface area contributed by atoms with Crippen molar-refractivity contribution < 1.29 is 9.53 Å². The molecule has 2 saturated heterocycles.